The molecule has 1 atom stereocenters. The number of hydrogen-bond acceptors (Lipinski definition) is 3. The van der Waals surface area contributed by atoms with Gasteiger partial charge in [0.2, 0.25) is 5.91 Å². The predicted molar refractivity (Wildman–Crippen MR) is 128 cm³/mol. The molecule has 1 fully saturated rings. The molecule has 0 unspecified atom stereocenters. The SMILES string of the molecule is CC[C@H](C(=O)NC1CCCC1)N(Cc1ccccc1C)C(=O)COc1cc(C)ccc1C. The first-order valence-corrected chi connectivity index (χ1v) is 11.7. The molecule has 0 spiro atoms. The Morgan fingerprint density at radius 1 is 1.06 bits per heavy atom. The van der Waals surface area contributed by atoms with Crippen LogP contribution in [-0.4, -0.2) is 35.4 Å². The molecule has 1 aliphatic carbocycles. The van der Waals surface area contributed by atoms with Gasteiger partial charge in [-0.25, -0.2) is 0 Å². The predicted octanol–water partition coefficient (Wildman–Crippen LogP) is 4.86. The number of hydrogen-bond donors (Lipinski definition) is 1. The second-order valence-corrected chi connectivity index (χ2v) is 8.92. The van der Waals surface area contributed by atoms with Crippen molar-refractivity contribution in [3.63, 3.8) is 0 Å². The summed E-state index contributed by atoms with van der Waals surface area (Å²) >= 11 is 0. The lowest BCUT2D eigenvalue weighted by Crippen LogP contribution is -2.52. The minimum Gasteiger partial charge on any atom is -0.483 e. The lowest BCUT2D eigenvalue weighted by molar-refractivity contribution is -0.143. The lowest BCUT2D eigenvalue weighted by atomic mass is 10.1. The van der Waals surface area contributed by atoms with E-state index in [-0.39, 0.29) is 24.5 Å². The van der Waals surface area contributed by atoms with Crippen LogP contribution in [0.5, 0.6) is 5.75 Å². The molecule has 32 heavy (non-hydrogen) atoms. The van der Waals surface area contributed by atoms with Gasteiger partial charge in [-0.3, -0.25) is 9.59 Å². The molecule has 1 aliphatic rings. The molecule has 2 aromatic rings. The fourth-order valence-electron chi connectivity index (χ4n) is 4.34. The van der Waals surface area contributed by atoms with E-state index in [2.05, 4.69) is 5.32 Å². The monoisotopic (exact) mass is 436 g/mol. The molecule has 1 N–H and O–H groups in total. The number of benzene rings is 2. The molecule has 172 valence electrons. The molecule has 5 nitrogen and oxygen atoms in total. The summed E-state index contributed by atoms with van der Waals surface area (Å²) in [5.41, 5.74) is 4.21. The van der Waals surface area contributed by atoms with Gasteiger partial charge in [0.15, 0.2) is 6.61 Å². The zero-order valence-electron chi connectivity index (χ0n) is 19.8. The van der Waals surface area contributed by atoms with Crippen LogP contribution < -0.4 is 10.1 Å². The number of nitrogens with one attached hydrogen (secondary N) is 1. The van der Waals surface area contributed by atoms with Crippen molar-refractivity contribution < 1.29 is 14.3 Å². The van der Waals surface area contributed by atoms with Gasteiger partial charge in [-0.15, -0.1) is 0 Å². The van der Waals surface area contributed by atoms with Crippen LogP contribution in [0.2, 0.25) is 0 Å². The highest BCUT2D eigenvalue weighted by Crippen LogP contribution is 2.22. The number of nitrogens with zero attached hydrogens (tertiary/aromatic N) is 1. The molecule has 2 amide bonds. The normalized spacial score (nSPS) is 14.8. The van der Waals surface area contributed by atoms with Gasteiger partial charge >= 0.3 is 0 Å². The number of ether oxygens (including phenoxy) is 1. The van der Waals surface area contributed by atoms with Gasteiger partial charge in [0, 0.05) is 12.6 Å². The molecule has 0 heterocycles. The number of aryl methyl sites for hydroxylation is 3. The van der Waals surface area contributed by atoms with Crippen molar-refractivity contribution in [3.05, 3.63) is 64.7 Å². The number of carbonyl (C=O) groups is 2. The number of amides is 2. The molecule has 0 aliphatic heterocycles. The summed E-state index contributed by atoms with van der Waals surface area (Å²) in [6.45, 7) is 8.25. The Bertz CT molecular complexity index is 934. The highest BCUT2D eigenvalue weighted by molar-refractivity contribution is 5.88. The van der Waals surface area contributed by atoms with E-state index in [0.29, 0.717) is 18.7 Å². The van der Waals surface area contributed by atoms with Crippen LogP contribution in [0.1, 0.15) is 61.3 Å². The van der Waals surface area contributed by atoms with E-state index < -0.39 is 6.04 Å². The molecular weight excluding hydrogens is 400 g/mol. The van der Waals surface area contributed by atoms with Gasteiger partial charge in [0.1, 0.15) is 11.8 Å². The van der Waals surface area contributed by atoms with E-state index in [0.717, 1.165) is 47.9 Å². The standard InChI is InChI=1S/C27H36N2O3/c1-5-24(27(31)28-23-12-8-9-13-23)29(17-22-11-7-6-10-20(22)3)26(30)18-32-25-16-19(2)14-15-21(25)4/h6-7,10-11,14-16,23-24H,5,8-9,12-13,17-18H2,1-4H3,(H,28,31)/t24-/m1/s1. The van der Waals surface area contributed by atoms with Gasteiger partial charge in [0.05, 0.1) is 0 Å². The summed E-state index contributed by atoms with van der Waals surface area (Å²) in [6.07, 6.45) is 4.89. The van der Waals surface area contributed by atoms with Crippen LogP contribution in [0.4, 0.5) is 0 Å². The summed E-state index contributed by atoms with van der Waals surface area (Å²) in [7, 11) is 0. The largest absolute Gasteiger partial charge is 0.483 e. The van der Waals surface area contributed by atoms with Crippen molar-refractivity contribution >= 4 is 11.8 Å². The Kier molecular flexibility index (Phi) is 8.32. The summed E-state index contributed by atoms with van der Waals surface area (Å²) in [6, 6.07) is 13.7. The third-order valence-electron chi connectivity index (χ3n) is 6.38. The molecule has 2 aromatic carbocycles. The maximum absolute atomic E-state index is 13.4. The zero-order chi connectivity index (χ0) is 23.1. The fraction of sp³-hybridized carbons (Fsp3) is 0.481. The van der Waals surface area contributed by atoms with Crippen LogP contribution in [0.3, 0.4) is 0 Å². The quantitative estimate of drug-likeness (QED) is 0.611. The van der Waals surface area contributed by atoms with Gasteiger partial charge in [-0.1, -0.05) is 56.2 Å². The van der Waals surface area contributed by atoms with Crippen LogP contribution in [0.25, 0.3) is 0 Å². The van der Waals surface area contributed by atoms with Crippen molar-refractivity contribution in [1.29, 1.82) is 0 Å². The van der Waals surface area contributed by atoms with Crippen molar-refractivity contribution in [3.8, 4) is 5.75 Å². The van der Waals surface area contributed by atoms with Crippen molar-refractivity contribution in [1.82, 2.24) is 10.2 Å². The van der Waals surface area contributed by atoms with Gasteiger partial charge in [-0.05, 0) is 68.4 Å². The summed E-state index contributed by atoms with van der Waals surface area (Å²) in [5, 5.41) is 3.18. The van der Waals surface area contributed by atoms with E-state index in [1.807, 2.05) is 70.2 Å². The molecule has 0 radical (unpaired) electrons. The van der Waals surface area contributed by atoms with Gasteiger partial charge < -0.3 is 15.0 Å². The van der Waals surface area contributed by atoms with Crippen molar-refractivity contribution in [2.45, 2.75) is 78.4 Å². The first kappa shape index (κ1) is 23.8. The maximum atomic E-state index is 13.4. The first-order valence-electron chi connectivity index (χ1n) is 11.7. The van der Waals surface area contributed by atoms with E-state index in [1.54, 1.807) is 4.90 Å². The third-order valence-corrected chi connectivity index (χ3v) is 6.38. The topological polar surface area (TPSA) is 58.6 Å². The molecule has 3 rings (SSSR count). The average Bonchev–Trinajstić information content (AvgIpc) is 3.28. The highest BCUT2D eigenvalue weighted by atomic mass is 16.5. The zero-order valence-corrected chi connectivity index (χ0v) is 19.8. The molecule has 0 aromatic heterocycles. The molecular formula is C27H36N2O3. The summed E-state index contributed by atoms with van der Waals surface area (Å²) in [5.74, 6) is 0.466. The highest BCUT2D eigenvalue weighted by Gasteiger charge is 2.31. The van der Waals surface area contributed by atoms with Crippen LogP contribution in [0, 0.1) is 20.8 Å². The van der Waals surface area contributed by atoms with E-state index in [1.165, 1.54) is 0 Å². The van der Waals surface area contributed by atoms with E-state index >= 15 is 0 Å². The summed E-state index contributed by atoms with van der Waals surface area (Å²) < 4.78 is 5.91. The molecule has 1 saturated carbocycles. The van der Waals surface area contributed by atoms with Crippen molar-refractivity contribution in [2.24, 2.45) is 0 Å². The van der Waals surface area contributed by atoms with E-state index in [9.17, 15) is 9.59 Å². The van der Waals surface area contributed by atoms with Gasteiger partial charge in [-0.2, -0.15) is 0 Å². The minimum atomic E-state index is -0.523. The Morgan fingerprint density at radius 3 is 2.47 bits per heavy atom. The Morgan fingerprint density at radius 2 is 1.78 bits per heavy atom. The van der Waals surface area contributed by atoms with E-state index in [4.69, 9.17) is 4.74 Å². The fourth-order valence-corrected chi connectivity index (χ4v) is 4.34. The Balaban J connectivity index is 1.79. The second-order valence-electron chi connectivity index (χ2n) is 8.92. The van der Waals surface area contributed by atoms with Crippen molar-refractivity contribution in [2.75, 3.05) is 6.61 Å². The third kappa shape index (κ3) is 6.12. The number of rotatable bonds is 9. The Hall–Kier alpha value is -2.82. The minimum absolute atomic E-state index is 0.0620. The second kappa shape index (κ2) is 11.2. The maximum Gasteiger partial charge on any atom is 0.261 e. The molecule has 0 bridgehead atoms. The lowest BCUT2D eigenvalue weighted by Gasteiger charge is -2.32. The van der Waals surface area contributed by atoms with Crippen LogP contribution in [0.15, 0.2) is 42.5 Å². The molecule has 5 heteroatoms. The number of carbonyl (C=O) groups excluding carboxylic acids is 2. The molecule has 0 saturated heterocycles. The first-order chi connectivity index (χ1) is 15.4. The van der Waals surface area contributed by atoms with Gasteiger partial charge in [0.25, 0.3) is 5.91 Å². The smallest absolute Gasteiger partial charge is 0.261 e. The summed E-state index contributed by atoms with van der Waals surface area (Å²) in [4.78, 5) is 28.3. The average molecular weight is 437 g/mol. The van der Waals surface area contributed by atoms with Crippen LogP contribution in [-0.2, 0) is 16.1 Å². The van der Waals surface area contributed by atoms with Crippen LogP contribution >= 0.6 is 0 Å². The Labute approximate surface area is 192 Å².